The summed E-state index contributed by atoms with van der Waals surface area (Å²) in [5, 5.41) is 3.12. The van der Waals surface area contributed by atoms with Gasteiger partial charge in [-0.05, 0) is 25.1 Å². The summed E-state index contributed by atoms with van der Waals surface area (Å²) in [7, 11) is 0. The van der Waals surface area contributed by atoms with Crippen molar-refractivity contribution in [1.82, 2.24) is 5.32 Å². The van der Waals surface area contributed by atoms with E-state index in [9.17, 15) is 4.79 Å². The number of anilines is 1. The summed E-state index contributed by atoms with van der Waals surface area (Å²) < 4.78 is 0. The molecule has 0 aliphatic heterocycles. The minimum atomic E-state index is 0.141. The number of nitrogens with one attached hydrogen (secondary N) is 1. The summed E-state index contributed by atoms with van der Waals surface area (Å²) in [5.41, 5.74) is 8.15. The van der Waals surface area contributed by atoms with Crippen molar-refractivity contribution in [3.63, 3.8) is 0 Å². The van der Waals surface area contributed by atoms with Gasteiger partial charge in [-0.15, -0.1) is 0 Å². The second kappa shape index (κ2) is 5.51. The number of Topliss-reactive ketones (excluding diaryl/α,β-unsaturated/α-hetero) is 1. The molecule has 0 saturated heterocycles. The van der Waals surface area contributed by atoms with Gasteiger partial charge in [-0.3, -0.25) is 4.79 Å². The minimum absolute atomic E-state index is 0.141. The van der Waals surface area contributed by atoms with Crippen LogP contribution in [0.15, 0.2) is 18.2 Å². The van der Waals surface area contributed by atoms with Gasteiger partial charge in [0.05, 0.1) is 0 Å². The van der Waals surface area contributed by atoms with Gasteiger partial charge in [0.25, 0.3) is 0 Å². The molecule has 1 aromatic rings. The zero-order valence-corrected chi connectivity index (χ0v) is 9.34. The van der Waals surface area contributed by atoms with E-state index in [2.05, 4.69) is 5.32 Å². The lowest BCUT2D eigenvalue weighted by Gasteiger charge is -2.04. The Bertz CT molecular complexity index is 347. The number of hydrogen-bond acceptors (Lipinski definition) is 3. The highest BCUT2D eigenvalue weighted by molar-refractivity contribution is 5.97. The molecule has 1 rings (SSSR count). The molecule has 0 unspecified atom stereocenters. The van der Waals surface area contributed by atoms with Gasteiger partial charge >= 0.3 is 0 Å². The predicted octanol–water partition coefficient (Wildman–Crippen LogP) is 1.76. The van der Waals surface area contributed by atoms with Gasteiger partial charge in [0, 0.05) is 24.2 Å². The van der Waals surface area contributed by atoms with Crippen LogP contribution >= 0.6 is 0 Å². The maximum atomic E-state index is 11.7. The van der Waals surface area contributed by atoms with Crippen LogP contribution in [0.3, 0.4) is 0 Å². The van der Waals surface area contributed by atoms with Crippen molar-refractivity contribution in [1.29, 1.82) is 0 Å². The number of carbonyl (C=O) groups excluding carboxylic acids is 1. The lowest BCUT2D eigenvalue weighted by molar-refractivity contribution is 0.0983. The molecule has 3 nitrogen and oxygen atoms in total. The molecule has 0 aromatic heterocycles. The molecule has 0 amide bonds. The first-order valence-corrected chi connectivity index (χ1v) is 5.25. The highest BCUT2D eigenvalue weighted by atomic mass is 16.1. The predicted molar refractivity (Wildman–Crippen MR) is 63.1 cm³/mol. The Balaban J connectivity index is 2.62. The van der Waals surface area contributed by atoms with E-state index >= 15 is 0 Å². The Morgan fingerprint density at radius 1 is 1.47 bits per heavy atom. The molecule has 0 bridgehead atoms. The Morgan fingerprint density at radius 3 is 2.80 bits per heavy atom. The third-order valence-corrected chi connectivity index (χ3v) is 2.38. The van der Waals surface area contributed by atoms with Crippen LogP contribution in [0.1, 0.15) is 29.3 Å². The molecule has 3 heteroatoms. The van der Waals surface area contributed by atoms with Gasteiger partial charge in [-0.25, -0.2) is 0 Å². The van der Waals surface area contributed by atoms with Crippen molar-refractivity contribution in [3.05, 3.63) is 29.3 Å². The van der Waals surface area contributed by atoms with Crippen molar-refractivity contribution < 1.29 is 4.79 Å². The zero-order chi connectivity index (χ0) is 11.3. The van der Waals surface area contributed by atoms with E-state index < -0.39 is 0 Å². The van der Waals surface area contributed by atoms with Crippen molar-refractivity contribution in [2.75, 3.05) is 18.8 Å². The normalized spacial score (nSPS) is 10.3. The molecule has 82 valence electrons. The fourth-order valence-electron chi connectivity index (χ4n) is 1.34. The molecule has 0 aliphatic rings. The molecule has 0 aliphatic carbocycles. The Kier molecular flexibility index (Phi) is 4.31. The molecular formula is C12H18N2O. The summed E-state index contributed by atoms with van der Waals surface area (Å²) in [5.74, 6) is 0.141. The number of nitrogens with two attached hydrogens (primary N) is 1. The van der Waals surface area contributed by atoms with Gasteiger partial charge in [0.1, 0.15) is 0 Å². The average Bonchev–Trinajstić information content (AvgIpc) is 2.22. The van der Waals surface area contributed by atoms with Gasteiger partial charge in [0.15, 0.2) is 5.78 Å². The molecule has 15 heavy (non-hydrogen) atoms. The molecule has 0 spiro atoms. The van der Waals surface area contributed by atoms with Crippen LogP contribution < -0.4 is 11.1 Å². The van der Waals surface area contributed by atoms with Crippen LogP contribution in [0.4, 0.5) is 5.69 Å². The number of benzene rings is 1. The van der Waals surface area contributed by atoms with Gasteiger partial charge in [-0.2, -0.15) is 0 Å². The Hall–Kier alpha value is -1.35. The SMILES string of the molecule is CCNCCC(=O)c1ccc(C)c(N)c1. The first-order valence-electron chi connectivity index (χ1n) is 5.25. The van der Waals surface area contributed by atoms with E-state index in [4.69, 9.17) is 5.73 Å². The van der Waals surface area contributed by atoms with E-state index in [1.165, 1.54) is 0 Å². The van der Waals surface area contributed by atoms with Crippen LogP contribution in [0.2, 0.25) is 0 Å². The Morgan fingerprint density at radius 2 is 2.20 bits per heavy atom. The number of aryl methyl sites for hydroxylation is 1. The van der Waals surface area contributed by atoms with Crippen molar-refractivity contribution in [3.8, 4) is 0 Å². The third-order valence-electron chi connectivity index (χ3n) is 2.38. The molecule has 1 aromatic carbocycles. The Labute approximate surface area is 90.7 Å². The topological polar surface area (TPSA) is 55.1 Å². The van der Waals surface area contributed by atoms with Crippen LogP contribution in [-0.4, -0.2) is 18.9 Å². The number of carbonyl (C=O) groups is 1. The molecule has 0 radical (unpaired) electrons. The molecule has 0 fully saturated rings. The van der Waals surface area contributed by atoms with E-state index in [1.54, 1.807) is 6.07 Å². The van der Waals surface area contributed by atoms with E-state index in [0.717, 1.165) is 18.7 Å². The maximum absolute atomic E-state index is 11.7. The maximum Gasteiger partial charge on any atom is 0.164 e. The van der Waals surface area contributed by atoms with Gasteiger partial charge in [-0.1, -0.05) is 19.1 Å². The van der Waals surface area contributed by atoms with Crippen LogP contribution in [0.25, 0.3) is 0 Å². The first-order chi connectivity index (χ1) is 7.15. The van der Waals surface area contributed by atoms with Gasteiger partial charge in [0.2, 0.25) is 0 Å². The van der Waals surface area contributed by atoms with E-state index in [-0.39, 0.29) is 5.78 Å². The van der Waals surface area contributed by atoms with Crippen LogP contribution in [-0.2, 0) is 0 Å². The summed E-state index contributed by atoms with van der Waals surface area (Å²) in [6.45, 7) is 5.57. The number of nitrogen functional groups attached to an aromatic ring is 1. The molecule has 0 heterocycles. The molecular weight excluding hydrogens is 188 g/mol. The minimum Gasteiger partial charge on any atom is -0.398 e. The summed E-state index contributed by atoms with van der Waals surface area (Å²) in [4.78, 5) is 11.7. The zero-order valence-electron chi connectivity index (χ0n) is 9.34. The largest absolute Gasteiger partial charge is 0.398 e. The monoisotopic (exact) mass is 206 g/mol. The summed E-state index contributed by atoms with van der Waals surface area (Å²) in [6.07, 6.45) is 0.524. The molecule has 0 saturated carbocycles. The number of ketones is 1. The fourth-order valence-corrected chi connectivity index (χ4v) is 1.34. The summed E-state index contributed by atoms with van der Waals surface area (Å²) >= 11 is 0. The number of hydrogen-bond donors (Lipinski definition) is 2. The lowest BCUT2D eigenvalue weighted by atomic mass is 10.1. The van der Waals surface area contributed by atoms with Crippen molar-refractivity contribution in [2.24, 2.45) is 0 Å². The highest BCUT2D eigenvalue weighted by Gasteiger charge is 2.06. The number of rotatable bonds is 5. The smallest absolute Gasteiger partial charge is 0.164 e. The molecule has 0 atom stereocenters. The lowest BCUT2D eigenvalue weighted by Crippen LogP contribution is -2.17. The van der Waals surface area contributed by atoms with Crippen molar-refractivity contribution >= 4 is 11.5 Å². The fraction of sp³-hybridized carbons (Fsp3) is 0.417. The molecule has 3 N–H and O–H groups in total. The summed E-state index contributed by atoms with van der Waals surface area (Å²) in [6, 6.07) is 5.47. The first kappa shape index (κ1) is 11.7. The third kappa shape index (κ3) is 3.36. The van der Waals surface area contributed by atoms with Crippen molar-refractivity contribution in [2.45, 2.75) is 20.3 Å². The van der Waals surface area contributed by atoms with Crippen LogP contribution in [0, 0.1) is 6.92 Å². The quantitative estimate of drug-likeness (QED) is 0.438. The van der Waals surface area contributed by atoms with Gasteiger partial charge < -0.3 is 11.1 Å². The highest BCUT2D eigenvalue weighted by Crippen LogP contribution is 2.14. The van der Waals surface area contributed by atoms with Crippen LogP contribution in [0.5, 0.6) is 0 Å². The van der Waals surface area contributed by atoms with E-state index in [1.807, 2.05) is 26.0 Å². The standard InChI is InChI=1S/C12H18N2O/c1-3-14-7-6-12(15)10-5-4-9(2)11(13)8-10/h4-5,8,14H,3,6-7,13H2,1-2H3. The van der Waals surface area contributed by atoms with E-state index in [0.29, 0.717) is 17.7 Å². The second-order valence-electron chi connectivity index (χ2n) is 3.60. The second-order valence-corrected chi connectivity index (χ2v) is 3.60. The average molecular weight is 206 g/mol.